The van der Waals surface area contributed by atoms with E-state index in [1.54, 1.807) is 0 Å². The van der Waals surface area contributed by atoms with Crippen LogP contribution in [-0.4, -0.2) is 37.6 Å². The predicted molar refractivity (Wildman–Crippen MR) is 78.9 cm³/mol. The van der Waals surface area contributed by atoms with Gasteiger partial charge in [0, 0.05) is 6.04 Å². The molecule has 1 aliphatic heterocycles. The van der Waals surface area contributed by atoms with Crippen molar-refractivity contribution in [1.82, 2.24) is 10.2 Å². The highest BCUT2D eigenvalue weighted by Gasteiger charge is 2.16. The van der Waals surface area contributed by atoms with Crippen molar-refractivity contribution in [1.29, 1.82) is 0 Å². The molecule has 0 spiro atoms. The number of nitrogens with zero attached hydrogens (tertiary/aromatic N) is 1. The van der Waals surface area contributed by atoms with Crippen LogP contribution in [0.4, 0.5) is 0 Å². The van der Waals surface area contributed by atoms with E-state index in [-0.39, 0.29) is 0 Å². The Kier molecular flexibility index (Phi) is 6.22. The molecule has 2 heteroatoms. The van der Waals surface area contributed by atoms with Crippen molar-refractivity contribution in [3.05, 3.63) is 12.2 Å². The first-order chi connectivity index (χ1) is 8.84. The van der Waals surface area contributed by atoms with Crippen LogP contribution in [0.1, 0.15) is 51.4 Å². The number of allylic oxidation sites excluding steroid dienone is 1. The Morgan fingerprint density at radius 1 is 1.11 bits per heavy atom. The lowest BCUT2D eigenvalue weighted by atomic mass is 9.93. The third kappa shape index (κ3) is 5.11. The molecule has 1 unspecified atom stereocenters. The van der Waals surface area contributed by atoms with Crippen molar-refractivity contribution in [2.24, 2.45) is 5.92 Å². The lowest BCUT2D eigenvalue weighted by Gasteiger charge is -2.29. The van der Waals surface area contributed by atoms with Gasteiger partial charge in [0.1, 0.15) is 0 Å². The quantitative estimate of drug-likeness (QED) is 0.771. The molecule has 0 aromatic carbocycles. The molecule has 104 valence electrons. The fraction of sp³-hybridized carbons (Fsp3) is 0.875. The van der Waals surface area contributed by atoms with Crippen molar-refractivity contribution < 1.29 is 0 Å². The molecule has 1 atom stereocenters. The second kappa shape index (κ2) is 7.96. The Morgan fingerprint density at radius 2 is 1.94 bits per heavy atom. The first-order valence-corrected chi connectivity index (χ1v) is 7.93. The van der Waals surface area contributed by atoms with E-state index in [2.05, 4.69) is 29.4 Å². The Morgan fingerprint density at radius 3 is 2.78 bits per heavy atom. The first-order valence-electron chi connectivity index (χ1n) is 7.93. The van der Waals surface area contributed by atoms with Crippen molar-refractivity contribution in [3.8, 4) is 0 Å². The molecular formula is C16H30N2. The Bertz CT molecular complexity index is 241. The fourth-order valence-electron chi connectivity index (χ4n) is 3.15. The summed E-state index contributed by atoms with van der Waals surface area (Å²) >= 11 is 0. The van der Waals surface area contributed by atoms with E-state index in [0.29, 0.717) is 6.04 Å². The zero-order valence-electron chi connectivity index (χ0n) is 12.0. The van der Waals surface area contributed by atoms with Crippen LogP contribution in [0, 0.1) is 5.92 Å². The number of nitrogens with one attached hydrogen (secondary N) is 1. The lowest BCUT2D eigenvalue weighted by molar-refractivity contribution is 0.211. The zero-order valence-corrected chi connectivity index (χ0v) is 12.0. The average Bonchev–Trinajstić information content (AvgIpc) is 2.34. The van der Waals surface area contributed by atoms with Crippen molar-refractivity contribution >= 4 is 0 Å². The van der Waals surface area contributed by atoms with Crippen LogP contribution < -0.4 is 5.32 Å². The molecule has 1 N–H and O–H groups in total. The molecule has 0 aromatic rings. The normalized spacial score (nSPS) is 29.7. The van der Waals surface area contributed by atoms with Crippen molar-refractivity contribution in [3.63, 3.8) is 0 Å². The maximum atomic E-state index is 3.75. The van der Waals surface area contributed by atoms with E-state index in [9.17, 15) is 0 Å². The lowest BCUT2D eigenvalue weighted by Crippen LogP contribution is -2.33. The summed E-state index contributed by atoms with van der Waals surface area (Å²) in [6.45, 7) is 3.81. The van der Waals surface area contributed by atoms with E-state index >= 15 is 0 Å². The number of hydrogen-bond donors (Lipinski definition) is 1. The molecule has 1 saturated heterocycles. The Balaban J connectivity index is 1.60. The average molecular weight is 250 g/mol. The molecule has 2 nitrogen and oxygen atoms in total. The number of likely N-dealkylation sites (tertiary alicyclic amines) is 1. The minimum absolute atomic E-state index is 0.650. The van der Waals surface area contributed by atoms with Gasteiger partial charge < -0.3 is 10.2 Å². The van der Waals surface area contributed by atoms with Gasteiger partial charge in [-0.2, -0.15) is 0 Å². The Labute approximate surface area is 113 Å². The van der Waals surface area contributed by atoms with Crippen LogP contribution >= 0.6 is 0 Å². The third-order valence-electron chi connectivity index (χ3n) is 4.55. The second-order valence-corrected chi connectivity index (χ2v) is 6.16. The van der Waals surface area contributed by atoms with Crippen LogP contribution in [0.25, 0.3) is 0 Å². The third-order valence-corrected chi connectivity index (χ3v) is 4.55. The predicted octanol–water partition coefficient (Wildman–Crippen LogP) is 3.20. The molecular weight excluding hydrogens is 220 g/mol. The summed E-state index contributed by atoms with van der Waals surface area (Å²) in [4.78, 5) is 2.46. The maximum absolute atomic E-state index is 3.75. The Hall–Kier alpha value is -0.340. The molecule has 0 saturated carbocycles. The van der Waals surface area contributed by atoms with Gasteiger partial charge in [-0.3, -0.25) is 0 Å². The van der Waals surface area contributed by atoms with E-state index in [1.165, 1.54) is 71.0 Å². The van der Waals surface area contributed by atoms with Gasteiger partial charge in [0.05, 0.1) is 0 Å². The largest absolute Gasteiger partial charge is 0.311 e. The molecule has 0 bridgehead atoms. The molecule has 1 fully saturated rings. The van der Waals surface area contributed by atoms with Gasteiger partial charge >= 0.3 is 0 Å². The molecule has 0 radical (unpaired) electrons. The van der Waals surface area contributed by atoms with E-state index in [4.69, 9.17) is 0 Å². The van der Waals surface area contributed by atoms with Gasteiger partial charge in [0.15, 0.2) is 0 Å². The monoisotopic (exact) mass is 250 g/mol. The summed E-state index contributed by atoms with van der Waals surface area (Å²) < 4.78 is 0. The highest BCUT2D eigenvalue weighted by atomic mass is 15.1. The van der Waals surface area contributed by atoms with Gasteiger partial charge in [-0.05, 0) is 71.1 Å². The highest BCUT2D eigenvalue weighted by molar-refractivity contribution is 4.94. The van der Waals surface area contributed by atoms with Crippen LogP contribution in [-0.2, 0) is 0 Å². The molecule has 0 amide bonds. The SMILES string of the molecule is CN1CCC(CCNC2/C=C/CCCCC2)CC1. The minimum atomic E-state index is 0.650. The van der Waals surface area contributed by atoms with E-state index in [0.717, 1.165) is 5.92 Å². The van der Waals surface area contributed by atoms with Crippen LogP contribution in [0.5, 0.6) is 0 Å². The highest BCUT2D eigenvalue weighted by Crippen LogP contribution is 2.19. The summed E-state index contributed by atoms with van der Waals surface area (Å²) in [5.74, 6) is 0.964. The maximum Gasteiger partial charge on any atom is 0.0249 e. The first kappa shape index (κ1) is 14.1. The number of rotatable bonds is 4. The van der Waals surface area contributed by atoms with Gasteiger partial charge in [0.25, 0.3) is 0 Å². The molecule has 1 heterocycles. The van der Waals surface area contributed by atoms with Gasteiger partial charge in [-0.15, -0.1) is 0 Å². The second-order valence-electron chi connectivity index (χ2n) is 6.16. The summed E-state index contributed by atoms with van der Waals surface area (Å²) in [6.07, 6.45) is 15.8. The van der Waals surface area contributed by atoms with Gasteiger partial charge in [-0.25, -0.2) is 0 Å². The number of hydrogen-bond acceptors (Lipinski definition) is 2. The van der Waals surface area contributed by atoms with E-state index < -0.39 is 0 Å². The summed E-state index contributed by atoms with van der Waals surface area (Å²) in [5.41, 5.74) is 0. The molecule has 18 heavy (non-hydrogen) atoms. The van der Waals surface area contributed by atoms with Crippen molar-refractivity contribution in [2.75, 3.05) is 26.7 Å². The number of piperidine rings is 1. The summed E-state index contributed by atoms with van der Waals surface area (Å²) in [5, 5.41) is 3.75. The van der Waals surface area contributed by atoms with Crippen LogP contribution in [0.2, 0.25) is 0 Å². The van der Waals surface area contributed by atoms with Crippen LogP contribution in [0.3, 0.4) is 0 Å². The van der Waals surface area contributed by atoms with Gasteiger partial charge in [0.2, 0.25) is 0 Å². The van der Waals surface area contributed by atoms with Crippen molar-refractivity contribution in [2.45, 2.75) is 57.4 Å². The molecule has 2 rings (SSSR count). The minimum Gasteiger partial charge on any atom is -0.311 e. The topological polar surface area (TPSA) is 15.3 Å². The van der Waals surface area contributed by atoms with Crippen LogP contribution in [0.15, 0.2) is 12.2 Å². The molecule has 2 aliphatic rings. The zero-order chi connectivity index (χ0) is 12.6. The molecule has 1 aliphatic carbocycles. The smallest absolute Gasteiger partial charge is 0.0249 e. The van der Waals surface area contributed by atoms with E-state index in [1.807, 2.05) is 0 Å². The van der Waals surface area contributed by atoms with Gasteiger partial charge in [-0.1, -0.05) is 25.0 Å². The summed E-state index contributed by atoms with van der Waals surface area (Å²) in [6, 6.07) is 0.650. The fourth-order valence-corrected chi connectivity index (χ4v) is 3.15. The summed E-state index contributed by atoms with van der Waals surface area (Å²) in [7, 11) is 2.24. The molecule has 0 aromatic heterocycles. The standard InChI is InChI=1S/C16H30N2/c1-18-13-10-15(11-14-18)9-12-17-16-7-5-3-2-4-6-8-16/h5,7,15-17H,2-4,6,8-14H2,1H3/b7-5+.